The third-order valence-corrected chi connectivity index (χ3v) is 7.20. The molecule has 9 nitrogen and oxygen atoms in total. The zero-order valence-electron chi connectivity index (χ0n) is 21.9. The third kappa shape index (κ3) is 6.16. The monoisotopic (exact) mass is 531 g/mol. The van der Waals surface area contributed by atoms with Crippen molar-refractivity contribution in [2.45, 2.75) is 50.0 Å². The lowest BCUT2D eigenvalue weighted by Gasteiger charge is -2.37. The number of ether oxygens (including phenoxy) is 3. The van der Waals surface area contributed by atoms with Crippen LogP contribution in [0.2, 0.25) is 0 Å². The summed E-state index contributed by atoms with van der Waals surface area (Å²) < 4.78 is 17.4. The molecule has 0 radical (unpaired) electrons. The van der Waals surface area contributed by atoms with E-state index in [2.05, 4.69) is 16.0 Å². The summed E-state index contributed by atoms with van der Waals surface area (Å²) in [4.78, 5) is 25.4. The summed E-state index contributed by atoms with van der Waals surface area (Å²) in [6.45, 7) is 1.73. The van der Waals surface area contributed by atoms with Gasteiger partial charge < -0.3 is 35.3 Å². The fraction of sp³-hybridized carbons (Fsp3) is 0.333. The van der Waals surface area contributed by atoms with Crippen LogP contribution in [0, 0.1) is 0 Å². The van der Waals surface area contributed by atoms with E-state index in [1.165, 1.54) is 0 Å². The van der Waals surface area contributed by atoms with Gasteiger partial charge in [0.25, 0.3) is 0 Å². The number of nitrogens with one attached hydrogen (secondary N) is 3. The Hall–Kier alpha value is -4.08. The number of carbonyl (C=O) groups excluding carboxylic acids is 2. The molecule has 204 valence electrons. The Morgan fingerprint density at radius 3 is 2.46 bits per heavy atom. The molecule has 0 unspecified atom stereocenters. The van der Waals surface area contributed by atoms with Gasteiger partial charge in [0, 0.05) is 22.9 Å². The summed E-state index contributed by atoms with van der Waals surface area (Å²) >= 11 is 0. The zero-order chi connectivity index (χ0) is 27.4. The maximum atomic E-state index is 12.8. The van der Waals surface area contributed by atoms with Crippen LogP contribution in [0.25, 0.3) is 0 Å². The van der Waals surface area contributed by atoms with Gasteiger partial charge in [0.1, 0.15) is 23.7 Å². The highest BCUT2D eigenvalue weighted by Crippen LogP contribution is 2.47. The molecule has 9 heteroatoms. The van der Waals surface area contributed by atoms with E-state index in [4.69, 9.17) is 14.2 Å². The van der Waals surface area contributed by atoms with Crippen molar-refractivity contribution in [1.29, 1.82) is 0 Å². The number of hydrogen-bond donors (Lipinski definition) is 4. The van der Waals surface area contributed by atoms with Gasteiger partial charge in [-0.25, -0.2) is 4.79 Å². The van der Waals surface area contributed by atoms with Crippen LogP contribution in [0.1, 0.15) is 42.9 Å². The first-order chi connectivity index (χ1) is 18.9. The molecule has 0 aliphatic carbocycles. The molecule has 4 N–H and O–H groups in total. The molecule has 1 saturated heterocycles. The number of benzene rings is 3. The van der Waals surface area contributed by atoms with Crippen molar-refractivity contribution >= 4 is 23.3 Å². The lowest BCUT2D eigenvalue weighted by Crippen LogP contribution is -2.47. The van der Waals surface area contributed by atoms with Gasteiger partial charge in [0.2, 0.25) is 5.91 Å². The number of aliphatic hydroxyl groups is 1. The number of methoxy groups -OCH3 is 1. The van der Waals surface area contributed by atoms with Gasteiger partial charge in [0.05, 0.1) is 32.3 Å². The van der Waals surface area contributed by atoms with Gasteiger partial charge in [-0.2, -0.15) is 0 Å². The molecule has 1 fully saturated rings. The minimum absolute atomic E-state index is 0.0818. The van der Waals surface area contributed by atoms with E-state index in [0.717, 1.165) is 11.1 Å². The molecule has 2 aliphatic heterocycles. The number of fused-ring (bicyclic) bond motifs is 3. The molecular formula is C30H33N3O6. The van der Waals surface area contributed by atoms with Crippen LogP contribution in [0.3, 0.4) is 0 Å². The maximum Gasteiger partial charge on any atom is 0.323 e. The predicted octanol–water partition coefficient (Wildman–Crippen LogP) is 4.60. The lowest BCUT2D eigenvalue weighted by atomic mass is 9.84. The molecule has 3 aromatic carbocycles. The first-order valence-electron chi connectivity index (χ1n) is 13.1. The number of amides is 3. The molecule has 3 amide bonds. The van der Waals surface area contributed by atoms with Crippen molar-refractivity contribution in [3.8, 4) is 11.5 Å². The van der Waals surface area contributed by atoms with Crippen LogP contribution in [0.4, 0.5) is 16.2 Å². The lowest BCUT2D eigenvalue weighted by molar-refractivity contribution is -0.142. The molecule has 2 aliphatic rings. The zero-order valence-corrected chi connectivity index (χ0v) is 21.9. The normalized spacial score (nSPS) is 22.0. The fourth-order valence-electron chi connectivity index (χ4n) is 5.27. The maximum absolute atomic E-state index is 12.8. The minimum Gasteiger partial charge on any atom is -0.497 e. The molecule has 0 bridgehead atoms. The standard InChI is InChI=1S/C30H33N3O6/c1-18(19-6-4-3-5-7-19)31-28(35)16-23-15-25-24-14-21(10-13-26(24)39-29(25)27(17-34)38-23)33-30(36)32-20-8-11-22(37-2)12-9-20/h3-14,18,23,25,27,29,34H,15-17H2,1-2H3,(H,31,35)(H2,32,33,36)/t18-,23-,25-,27-,29+/m0/s1. The van der Waals surface area contributed by atoms with Crippen LogP contribution in [0.15, 0.2) is 72.8 Å². The largest absolute Gasteiger partial charge is 0.497 e. The van der Waals surface area contributed by atoms with E-state index in [9.17, 15) is 14.7 Å². The van der Waals surface area contributed by atoms with Crippen molar-refractivity contribution in [2.75, 3.05) is 24.4 Å². The van der Waals surface area contributed by atoms with Crippen molar-refractivity contribution in [3.63, 3.8) is 0 Å². The van der Waals surface area contributed by atoms with E-state index in [0.29, 0.717) is 29.3 Å². The molecule has 0 aromatic heterocycles. The second-order valence-corrected chi connectivity index (χ2v) is 9.87. The number of hydrogen-bond acceptors (Lipinski definition) is 6. The van der Waals surface area contributed by atoms with Gasteiger partial charge >= 0.3 is 6.03 Å². The molecule has 0 spiro atoms. The first kappa shape index (κ1) is 26.5. The second-order valence-electron chi connectivity index (χ2n) is 9.87. The van der Waals surface area contributed by atoms with E-state index in [1.807, 2.05) is 49.4 Å². The highest BCUT2D eigenvalue weighted by atomic mass is 16.6. The summed E-state index contributed by atoms with van der Waals surface area (Å²) in [6, 6.07) is 21.8. The molecule has 0 saturated carbocycles. The molecule has 5 rings (SSSR count). The Labute approximate surface area is 227 Å². The number of anilines is 2. The van der Waals surface area contributed by atoms with Crippen LogP contribution in [-0.2, 0) is 9.53 Å². The third-order valence-electron chi connectivity index (χ3n) is 7.20. The van der Waals surface area contributed by atoms with Gasteiger partial charge in [-0.15, -0.1) is 0 Å². The smallest absolute Gasteiger partial charge is 0.323 e. The highest BCUT2D eigenvalue weighted by molar-refractivity contribution is 5.99. The number of aliphatic hydroxyl groups excluding tert-OH is 1. The summed E-state index contributed by atoms with van der Waals surface area (Å²) in [5.74, 6) is 1.20. The Kier molecular flexibility index (Phi) is 7.99. The van der Waals surface area contributed by atoms with Crippen LogP contribution in [0.5, 0.6) is 11.5 Å². The van der Waals surface area contributed by atoms with Gasteiger partial charge in [0.15, 0.2) is 0 Å². The number of carbonyl (C=O) groups is 2. The van der Waals surface area contributed by atoms with Crippen molar-refractivity contribution in [3.05, 3.63) is 83.9 Å². The van der Waals surface area contributed by atoms with Crippen LogP contribution >= 0.6 is 0 Å². The van der Waals surface area contributed by atoms with Crippen molar-refractivity contribution in [1.82, 2.24) is 5.32 Å². The van der Waals surface area contributed by atoms with E-state index in [1.54, 1.807) is 37.4 Å². The van der Waals surface area contributed by atoms with Gasteiger partial charge in [-0.3, -0.25) is 4.79 Å². The van der Waals surface area contributed by atoms with E-state index < -0.39 is 6.10 Å². The van der Waals surface area contributed by atoms with Crippen LogP contribution in [-0.4, -0.2) is 49.1 Å². The van der Waals surface area contributed by atoms with Gasteiger partial charge in [-0.05, 0) is 61.4 Å². The Balaban J connectivity index is 1.23. The summed E-state index contributed by atoms with van der Waals surface area (Å²) in [5, 5.41) is 18.7. The Morgan fingerprint density at radius 1 is 1.03 bits per heavy atom. The fourth-order valence-corrected chi connectivity index (χ4v) is 5.27. The van der Waals surface area contributed by atoms with Crippen molar-refractivity contribution in [2.24, 2.45) is 0 Å². The highest BCUT2D eigenvalue weighted by Gasteiger charge is 2.46. The first-order valence-corrected chi connectivity index (χ1v) is 13.1. The van der Waals surface area contributed by atoms with E-state index in [-0.39, 0.29) is 49.1 Å². The molecule has 5 atom stereocenters. The average molecular weight is 532 g/mol. The Bertz CT molecular complexity index is 1300. The number of urea groups is 1. The molecular weight excluding hydrogens is 498 g/mol. The molecule has 3 aromatic rings. The van der Waals surface area contributed by atoms with Gasteiger partial charge in [-0.1, -0.05) is 30.3 Å². The summed E-state index contributed by atoms with van der Waals surface area (Å²) in [7, 11) is 1.59. The van der Waals surface area contributed by atoms with Crippen LogP contribution < -0.4 is 25.4 Å². The average Bonchev–Trinajstić information content (AvgIpc) is 3.31. The second kappa shape index (κ2) is 11.8. The molecule has 39 heavy (non-hydrogen) atoms. The predicted molar refractivity (Wildman–Crippen MR) is 147 cm³/mol. The van der Waals surface area contributed by atoms with Crippen molar-refractivity contribution < 1.29 is 28.9 Å². The Morgan fingerprint density at radius 2 is 1.74 bits per heavy atom. The minimum atomic E-state index is -0.560. The summed E-state index contributed by atoms with van der Waals surface area (Å²) in [5.41, 5.74) is 3.20. The SMILES string of the molecule is COc1ccc(NC(=O)Nc2ccc3c(c2)[C@@H]2C[C@@H](CC(=O)N[C@@H](C)c4ccccc4)O[C@@H](CO)[C@@H]2O3)cc1. The summed E-state index contributed by atoms with van der Waals surface area (Å²) in [6.07, 6.45) is -0.570. The topological polar surface area (TPSA) is 118 Å². The number of rotatable bonds is 8. The van der Waals surface area contributed by atoms with E-state index >= 15 is 0 Å². The molecule has 2 heterocycles. The quantitative estimate of drug-likeness (QED) is 0.337.